The minimum atomic E-state index is -0.0886. The first kappa shape index (κ1) is 10.8. The molecule has 1 atom stereocenters. The van der Waals surface area contributed by atoms with Crippen molar-refractivity contribution in [3.63, 3.8) is 0 Å². The van der Waals surface area contributed by atoms with Gasteiger partial charge in [-0.15, -0.1) is 0 Å². The highest BCUT2D eigenvalue weighted by Crippen LogP contribution is 2.22. The maximum Gasteiger partial charge on any atom is 0.0569 e. The Kier molecular flexibility index (Phi) is 3.02. The Balaban J connectivity index is 2.38. The summed E-state index contributed by atoms with van der Waals surface area (Å²) in [6, 6.07) is 10.2. The van der Waals surface area contributed by atoms with Crippen LogP contribution in [0.5, 0.6) is 0 Å². The average molecular weight is 212 g/mol. The smallest absolute Gasteiger partial charge is 0.0569 e. The Morgan fingerprint density at radius 3 is 2.62 bits per heavy atom. The number of pyridine rings is 1. The molecule has 0 amide bonds. The third kappa shape index (κ3) is 2.12. The number of hydrogen-bond donors (Lipinski definition) is 1. The number of benzene rings is 1. The van der Waals surface area contributed by atoms with Crippen molar-refractivity contribution in [2.75, 3.05) is 0 Å². The number of aryl methyl sites for hydroxylation is 2. The molecular formula is C14H16N2. The topological polar surface area (TPSA) is 38.9 Å². The predicted molar refractivity (Wildman–Crippen MR) is 66.2 cm³/mol. The summed E-state index contributed by atoms with van der Waals surface area (Å²) in [7, 11) is 0. The lowest BCUT2D eigenvalue weighted by Gasteiger charge is -2.15. The van der Waals surface area contributed by atoms with Gasteiger partial charge in [0.25, 0.3) is 0 Å². The van der Waals surface area contributed by atoms with E-state index in [-0.39, 0.29) is 6.04 Å². The summed E-state index contributed by atoms with van der Waals surface area (Å²) < 4.78 is 0. The number of nitrogens with zero attached hydrogens (tertiary/aromatic N) is 1. The van der Waals surface area contributed by atoms with E-state index in [2.05, 4.69) is 37.0 Å². The predicted octanol–water partition coefficient (Wildman–Crippen LogP) is 2.75. The second-order valence-electron chi connectivity index (χ2n) is 4.12. The highest BCUT2D eigenvalue weighted by atomic mass is 14.7. The Morgan fingerprint density at radius 2 is 2.00 bits per heavy atom. The number of rotatable bonds is 2. The van der Waals surface area contributed by atoms with Crippen molar-refractivity contribution in [1.82, 2.24) is 4.98 Å². The van der Waals surface area contributed by atoms with E-state index in [0.29, 0.717) is 0 Å². The highest BCUT2D eigenvalue weighted by Gasteiger charge is 2.10. The molecule has 1 unspecified atom stereocenters. The Morgan fingerprint density at radius 1 is 1.19 bits per heavy atom. The van der Waals surface area contributed by atoms with Gasteiger partial charge >= 0.3 is 0 Å². The quantitative estimate of drug-likeness (QED) is 0.831. The summed E-state index contributed by atoms with van der Waals surface area (Å²) in [5.41, 5.74) is 10.9. The summed E-state index contributed by atoms with van der Waals surface area (Å²) >= 11 is 0. The van der Waals surface area contributed by atoms with Gasteiger partial charge in [0.05, 0.1) is 6.04 Å². The summed E-state index contributed by atoms with van der Waals surface area (Å²) in [6.07, 6.45) is 3.59. The van der Waals surface area contributed by atoms with Crippen LogP contribution in [-0.4, -0.2) is 4.98 Å². The van der Waals surface area contributed by atoms with Gasteiger partial charge in [0.15, 0.2) is 0 Å². The molecule has 0 aliphatic carbocycles. The van der Waals surface area contributed by atoms with Gasteiger partial charge in [-0.25, -0.2) is 0 Å². The van der Waals surface area contributed by atoms with Crippen LogP contribution in [0.3, 0.4) is 0 Å². The molecule has 0 aliphatic rings. The van der Waals surface area contributed by atoms with Gasteiger partial charge in [-0.3, -0.25) is 4.98 Å². The van der Waals surface area contributed by atoms with Gasteiger partial charge in [0.1, 0.15) is 0 Å². The normalized spacial score (nSPS) is 12.4. The average Bonchev–Trinajstić information content (AvgIpc) is 2.29. The van der Waals surface area contributed by atoms with E-state index < -0.39 is 0 Å². The molecule has 1 heterocycles. The molecule has 2 nitrogen and oxygen atoms in total. The van der Waals surface area contributed by atoms with Crippen molar-refractivity contribution in [2.24, 2.45) is 5.73 Å². The maximum atomic E-state index is 6.23. The molecule has 0 saturated carbocycles. The largest absolute Gasteiger partial charge is 0.320 e. The molecule has 0 radical (unpaired) electrons. The second-order valence-corrected chi connectivity index (χ2v) is 4.12. The van der Waals surface area contributed by atoms with Gasteiger partial charge in [-0.05, 0) is 36.6 Å². The van der Waals surface area contributed by atoms with Crippen LogP contribution < -0.4 is 5.73 Å². The van der Waals surface area contributed by atoms with Gasteiger partial charge in [0.2, 0.25) is 0 Å². The molecular weight excluding hydrogens is 196 g/mol. The number of aromatic nitrogens is 1. The highest BCUT2D eigenvalue weighted by molar-refractivity contribution is 5.37. The van der Waals surface area contributed by atoms with E-state index in [4.69, 9.17) is 5.73 Å². The summed E-state index contributed by atoms with van der Waals surface area (Å²) in [5.74, 6) is 0. The first-order valence-corrected chi connectivity index (χ1v) is 5.41. The lowest BCUT2D eigenvalue weighted by molar-refractivity contribution is 0.853. The van der Waals surface area contributed by atoms with Crippen LogP contribution in [0.1, 0.15) is 28.3 Å². The van der Waals surface area contributed by atoms with Crippen molar-refractivity contribution in [2.45, 2.75) is 19.9 Å². The molecule has 82 valence electrons. The minimum Gasteiger partial charge on any atom is -0.320 e. The molecule has 1 aromatic heterocycles. The number of hydrogen-bond acceptors (Lipinski definition) is 2. The number of nitrogens with two attached hydrogens (primary N) is 1. The van der Waals surface area contributed by atoms with Crippen LogP contribution >= 0.6 is 0 Å². The zero-order valence-electron chi connectivity index (χ0n) is 9.64. The zero-order chi connectivity index (χ0) is 11.5. The van der Waals surface area contributed by atoms with Crippen LogP contribution in [0.2, 0.25) is 0 Å². The molecule has 0 spiro atoms. The fourth-order valence-electron chi connectivity index (χ4n) is 1.91. The molecule has 0 aliphatic heterocycles. The molecule has 2 aromatic rings. The SMILES string of the molecule is Cc1ccc(C(N)c2cccnc2)c(C)c1. The Labute approximate surface area is 96.1 Å². The van der Waals surface area contributed by atoms with Gasteiger partial charge < -0.3 is 5.73 Å². The molecule has 16 heavy (non-hydrogen) atoms. The third-order valence-electron chi connectivity index (χ3n) is 2.80. The molecule has 0 saturated heterocycles. The Bertz CT molecular complexity index is 477. The first-order valence-electron chi connectivity index (χ1n) is 5.41. The van der Waals surface area contributed by atoms with Crippen molar-refractivity contribution >= 4 is 0 Å². The van der Waals surface area contributed by atoms with Gasteiger partial charge in [0, 0.05) is 12.4 Å². The van der Waals surface area contributed by atoms with Gasteiger partial charge in [-0.1, -0.05) is 29.8 Å². The fraction of sp³-hybridized carbons (Fsp3) is 0.214. The van der Waals surface area contributed by atoms with E-state index in [1.807, 2.05) is 18.3 Å². The monoisotopic (exact) mass is 212 g/mol. The van der Waals surface area contributed by atoms with E-state index in [1.165, 1.54) is 16.7 Å². The molecule has 0 fully saturated rings. The third-order valence-corrected chi connectivity index (χ3v) is 2.80. The lowest BCUT2D eigenvalue weighted by atomic mass is 9.95. The van der Waals surface area contributed by atoms with Gasteiger partial charge in [-0.2, -0.15) is 0 Å². The first-order chi connectivity index (χ1) is 7.68. The summed E-state index contributed by atoms with van der Waals surface area (Å²) in [6.45, 7) is 4.19. The summed E-state index contributed by atoms with van der Waals surface area (Å²) in [5, 5.41) is 0. The van der Waals surface area contributed by atoms with Crippen LogP contribution in [-0.2, 0) is 0 Å². The molecule has 0 bridgehead atoms. The maximum absolute atomic E-state index is 6.23. The molecule has 2 heteroatoms. The van der Waals surface area contributed by atoms with Crippen molar-refractivity contribution in [3.8, 4) is 0 Å². The standard InChI is InChI=1S/C14H16N2/c1-10-5-6-13(11(2)8-10)14(15)12-4-3-7-16-9-12/h3-9,14H,15H2,1-2H3. The molecule has 2 N–H and O–H groups in total. The zero-order valence-corrected chi connectivity index (χ0v) is 9.64. The van der Waals surface area contributed by atoms with E-state index >= 15 is 0 Å². The van der Waals surface area contributed by atoms with Crippen LogP contribution in [0, 0.1) is 13.8 Å². The fourth-order valence-corrected chi connectivity index (χ4v) is 1.91. The second kappa shape index (κ2) is 4.45. The van der Waals surface area contributed by atoms with Crippen LogP contribution in [0.4, 0.5) is 0 Å². The van der Waals surface area contributed by atoms with Crippen molar-refractivity contribution < 1.29 is 0 Å². The van der Waals surface area contributed by atoms with Crippen molar-refractivity contribution in [1.29, 1.82) is 0 Å². The van der Waals surface area contributed by atoms with E-state index in [0.717, 1.165) is 5.56 Å². The minimum absolute atomic E-state index is 0.0886. The van der Waals surface area contributed by atoms with Crippen LogP contribution in [0.15, 0.2) is 42.7 Å². The van der Waals surface area contributed by atoms with Crippen LogP contribution in [0.25, 0.3) is 0 Å². The molecule has 2 rings (SSSR count). The molecule has 1 aromatic carbocycles. The van der Waals surface area contributed by atoms with E-state index in [9.17, 15) is 0 Å². The van der Waals surface area contributed by atoms with Crippen molar-refractivity contribution in [3.05, 3.63) is 65.0 Å². The lowest BCUT2D eigenvalue weighted by Crippen LogP contribution is -2.13. The summed E-state index contributed by atoms with van der Waals surface area (Å²) in [4.78, 5) is 4.10. The Hall–Kier alpha value is -1.67. The van der Waals surface area contributed by atoms with E-state index in [1.54, 1.807) is 6.20 Å².